The van der Waals surface area contributed by atoms with Crippen molar-refractivity contribution in [2.45, 2.75) is 6.54 Å². The second-order valence-corrected chi connectivity index (χ2v) is 9.02. The minimum atomic E-state index is -0.651. The Morgan fingerprint density at radius 3 is 2.64 bits per heavy atom. The van der Waals surface area contributed by atoms with Crippen molar-refractivity contribution in [2.75, 3.05) is 38.2 Å². The molecule has 4 rings (SSSR count). The number of methoxy groups -OCH3 is 1. The van der Waals surface area contributed by atoms with Gasteiger partial charge in [0.25, 0.3) is 11.6 Å². The molecule has 2 fully saturated rings. The van der Waals surface area contributed by atoms with Crippen LogP contribution in [0.4, 0.5) is 11.4 Å². The molecule has 0 aliphatic carbocycles. The number of rotatable bonds is 7. The lowest BCUT2D eigenvalue weighted by Crippen LogP contribution is -2.46. The molecule has 186 valence electrons. The molecule has 0 radical (unpaired) electrons. The first kappa shape index (κ1) is 25.1. The zero-order chi connectivity index (χ0) is 25.5. The summed E-state index contributed by atoms with van der Waals surface area (Å²) in [6.45, 7) is 3.85. The van der Waals surface area contributed by atoms with E-state index in [2.05, 4.69) is 37.3 Å². The van der Waals surface area contributed by atoms with Gasteiger partial charge in [-0.05, 0) is 23.4 Å². The molecule has 2 aromatic carbocycles. The van der Waals surface area contributed by atoms with Crippen molar-refractivity contribution in [1.29, 1.82) is 0 Å². The molecule has 2 aromatic rings. The molecule has 2 aliphatic rings. The standard InChI is InChI=1S/C24H24N6O5S/c1-35-22(31)14-21-23(32)26-24(36-21)27-25-15-18-7-8-19(20(13-18)30(33)34)29-11-9-28(10-12-29)16-17-5-3-2-4-6-17/h2-8,13-15H,9-12,16H2,1H3,(H,26,27,32)/b21-14+,25-15?. The van der Waals surface area contributed by atoms with Crippen molar-refractivity contribution in [3.05, 3.63) is 80.8 Å². The SMILES string of the molecule is COC(=O)/C=C1/S/C(=N\N=Cc2ccc(N3CCN(Cc4ccccc4)CC3)c([N+](=O)[O-])c2)NC1=O. The summed E-state index contributed by atoms with van der Waals surface area (Å²) in [7, 11) is 1.21. The number of amidine groups is 1. The van der Waals surface area contributed by atoms with E-state index in [1.54, 1.807) is 12.1 Å². The Hall–Kier alpha value is -4.03. The number of nitro benzene ring substituents is 1. The highest BCUT2D eigenvalue weighted by atomic mass is 32.2. The first-order valence-electron chi connectivity index (χ1n) is 11.1. The summed E-state index contributed by atoms with van der Waals surface area (Å²) >= 11 is 0.944. The number of carbonyl (C=O) groups excluding carboxylic acids is 2. The lowest BCUT2D eigenvalue weighted by molar-refractivity contribution is -0.384. The van der Waals surface area contributed by atoms with Crippen LogP contribution in [0.1, 0.15) is 11.1 Å². The van der Waals surface area contributed by atoms with Crippen LogP contribution in [-0.2, 0) is 20.9 Å². The summed E-state index contributed by atoms with van der Waals surface area (Å²) in [6, 6.07) is 15.2. The minimum Gasteiger partial charge on any atom is -0.466 e. The Kier molecular flexibility index (Phi) is 8.08. The van der Waals surface area contributed by atoms with Crippen molar-refractivity contribution in [2.24, 2.45) is 10.2 Å². The number of piperazine rings is 1. The topological polar surface area (TPSA) is 130 Å². The first-order chi connectivity index (χ1) is 17.4. The van der Waals surface area contributed by atoms with Gasteiger partial charge in [0.05, 0.1) is 23.2 Å². The zero-order valence-electron chi connectivity index (χ0n) is 19.5. The fourth-order valence-corrected chi connectivity index (χ4v) is 4.55. The van der Waals surface area contributed by atoms with Crippen molar-refractivity contribution in [3.63, 3.8) is 0 Å². The number of benzene rings is 2. The number of amides is 1. The Bertz CT molecular complexity index is 1240. The number of nitrogens with zero attached hydrogens (tertiary/aromatic N) is 5. The van der Waals surface area contributed by atoms with Crippen molar-refractivity contribution < 1.29 is 19.2 Å². The quantitative estimate of drug-likeness (QED) is 0.199. The van der Waals surface area contributed by atoms with E-state index < -0.39 is 16.8 Å². The molecule has 12 heteroatoms. The molecule has 2 saturated heterocycles. The van der Waals surface area contributed by atoms with E-state index in [-0.39, 0.29) is 15.8 Å². The van der Waals surface area contributed by atoms with Crippen LogP contribution < -0.4 is 10.2 Å². The van der Waals surface area contributed by atoms with Gasteiger partial charge in [0, 0.05) is 50.4 Å². The minimum absolute atomic E-state index is 0.00467. The van der Waals surface area contributed by atoms with Gasteiger partial charge in [-0.25, -0.2) is 4.79 Å². The molecule has 36 heavy (non-hydrogen) atoms. The second-order valence-electron chi connectivity index (χ2n) is 7.99. The lowest BCUT2D eigenvalue weighted by atomic mass is 10.1. The van der Waals surface area contributed by atoms with Crippen LogP contribution in [0.15, 0.2) is 69.7 Å². The maximum Gasteiger partial charge on any atom is 0.331 e. The van der Waals surface area contributed by atoms with Crippen LogP contribution >= 0.6 is 11.8 Å². The average Bonchev–Trinajstić information content (AvgIpc) is 3.23. The molecule has 1 amide bonds. The van der Waals surface area contributed by atoms with Gasteiger partial charge in [-0.3, -0.25) is 25.1 Å². The van der Waals surface area contributed by atoms with Gasteiger partial charge in [-0.1, -0.05) is 36.4 Å². The number of ether oxygens (including phenoxy) is 1. The van der Waals surface area contributed by atoms with Crippen molar-refractivity contribution >= 4 is 46.4 Å². The number of hydrogen-bond donors (Lipinski definition) is 1. The van der Waals surface area contributed by atoms with Crippen LogP contribution in [0.5, 0.6) is 0 Å². The van der Waals surface area contributed by atoms with Crippen LogP contribution in [0.3, 0.4) is 0 Å². The predicted molar refractivity (Wildman–Crippen MR) is 138 cm³/mol. The number of hydrogen-bond acceptors (Lipinski definition) is 10. The molecule has 0 unspecified atom stereocenters. The molecule has 2 aliphatic heterocycles. The van der Waals surface area contributed by atoms with Gasteiger partial charge in [0.1, 0.15) is 5.69 Å². The van der Waals surface area contributed by atoms with Crippen molar-refractivity contribution in [1.82, 2.24) is 10.2 Å². The largest absolute Gasteiger partial charge is 0.466 e. The Labute approximate surface area is 211 Å². The Balaban J connectivity index is 1.40. The molecule has 0 saturated carbocycles. The maximum absolute atomic E-state index is 11.9. The molecule has 0 atom stereocenters. The fraction of sp³-hybridized carbons (Fsp3) is 0.250. The Morgan fingerprint density at radius 2 is 1.94 bits per heavy atom. The molecule has 0 bridgehead atoms. The third-order valence-electron chi connectivity index (χ3n) is 5.61. The smallest absolute Gasteiger partial charge is 0.331 e. The monoisotopic (exact) mass is 508 g/mol. The summed E-state index contributed by atoms with van der Waals surface area (Å²) in [5, 5.41) is 22.3. The molecule has 1 N–H and O–H groups in total. The highest BCUT2D eigenvalue weighted by molar-refractivity contribution is 8.18. The third kappa shape index (κ3) is 6.34. The van der Waals surface area contributed by atoms with E-state index >= 15 is 0 Å². The van der Waals surface area contributed by atoms with E-state index in [9.17, 15) is 19.7 Å². The van der Waals surface area contributed by atoms with E-state index in [1.807, 2.05) is 23.1 Å². The third-order valence-corrected chi connectivity index (χ3v) is 6.51. The van der Waals surface area contributed by atoms with Crippen molar-refractivity contribution in [3.8, 4) is 0 Å². The summed E-state index contributed by atoms with van der Waals surface area (Å²) < 4.78 is 4.51. The van der Waals surface area contributed by atoms with Gasteiger partial charge in [0.2, 0.25) is 0 Å². The van der Waals surface area contributed by atoms with Crippen LogP contribution in [0.2, 0.25) is 0 Å². The van der Waals surface area contributed by atoms with Gasteiger partial charge in [0.15, 0.2) is 5.17 Å². The summed E-state index contributed by atoms with van der Waals surface area (Å²) in [4.78, 5) is 39.1. The second kappa shape index (κ2) is 11.6. The maximum atomic E-state index is 11.9. The number of nitrogens with one attached hydrogen (secondary N) is 1. The highest BCUT2D eigenvalue weighted by Gasteiger charge is 2.26. The lowest BCUT2D eigenvalue weighted by Gasteiger charge is -2.35. The number of thioether (sulfide) groups is 1. The molecular formula is C24H24N6O5S. The average molecular weight is 509 g/mol. The van der Waals surface area contributed by atoms with Gasteiger partial charge in [-0.15, -0.1) is 5.10 Å². The molecular weight excluding hydrogens is 484 g/mol. The van der Waals surface area contributed by atoms with Crippen LogP contribution in [-0.4, -0.2) is 66.4 Å². The summed E-state index contributed by atoms with van der Waals surface area (Å²) in [5.74, 6) is -1.13. The summed E-state index contributed by atoms with van der Waals surface area (Å²) in [6.07, 6.45) is 2.44. The number of anilines is 1. The molecule has 0 aromatic heterocycles. The molecule has 0 spiro atoms. The number of esters is 1. The van der Waals surface area contributed by atoms with E-state index in [4.69, 9.17) is 0 Å². The van der Waals surface area contributed by atoms with E-state index in [0.717, 1.165) is 37.5 Å². The van der Waals surface area contributed by atoms with Crippen LogP contribution in [0, 0.1) is 10.1 Å². The molecule has 2 heterocycles. The van der Waals surface area contributed by atoms with Gasteiger partial charge >= 0.3 is 5.97 Å². The van der Waals surface area contributed by atoms with Gasteiger partial charge < -0.3 is 9.64 Å². The number of carbonyl (C=O) groups is 2. The molecule has 11 nitrogen and oxygen atoms in total. The fourth-order valence-electron chi connectivity index (χ4n) is 3.81. The van der Waals surface area contributed by atoms with E-state index in [0.29, 0.717) is 24.3 Å². The van der Waals surface area contributed by atoms with Gasteiger partial charge in [-0.2, -0.15) is 5.10 Å². The first-order valence-corrected chi connectivity index (χ1v) is 11.9. The van der Waals surface area contributed by atoms with E-state index in [1.165, 1.54) is 25.0 Å². The van der Waals surface area contributed by atoms with Crippen LogP contribution in [0.25, 0.3) is 0 Å². The highest BCUT2D eigenvalue weighted by Crippen LogP contribution is 2.30. The Morgan fingerprint density at radius 1 is 1.19 bits per heavy atom. The predicted octanol–water partition coefficient (Wildman–Crippen LogP) is 2.53. The normalized spacial score (nSPS) is 18.7. The summed E-state index contributed by atoms with van der Waals surface area (Å²) in [5.41, 5.74) is 2.31. The zero-order valence-corrected chi connectivity index (χ0v) is 20.3. The number of nitro groups is 1.